The van der Waals surface area contributed by atoms with Crippen LogP contribution in [0.5, 0.6) is 0 Å². The summed E-state index contributed by atoms with van der Waals surface area (Å²) in [7, 11) is -4.16. The lowest BCUT2D eigenvalue weighted by Gasteiger charge is -2.42. The minimum Gasteiger partial charge on any atom is -0.309 e. The molecule has 0 fully saturated rings. The molecule has 0 amide bonds. The fraction of sp³-hybridized carbons (Fsp3) is 0. The molecule has 4 heterocycles. The normalized spacial score (nSPS) is 12.4. The molecule has 0 aliphatic rings. The van der Waals surface area contributed by atoms with Crippen molar-refractivity contribution in [3.8, 4) is 28.7 Å². The SMILES string of the molecule is c1ccc(-n2c3ccccc3c3c2ccc2c4ccccc4n(-c4cc(-c5cccc(S(c6ccccc6)(c6ccccc6)c6ccccc6)c5)nc(-n5c6ccccc6c6ccc(S(c7ccccc7)(c7ccccc7)c7ccccc7)cc65)n4)c23)cc1. The van der Waals surface area contributed by atoms with Crippen molar-refractivity contribution in [3.63, 3.8) is 0 Å². The molecular formula is C82H57N5S2. The van der Waals surface area contributed by atoms with E-state index >= 15 is 0 Å². The van der Waals surface area contributed by atoms with Crippen molar-refractivity contribution in [1.29, 1.82) is 0 Å². The van der Waals surface area contributed by atoms with Gasteiger partial charge in [-0.05, 0) is 133 Å². The molecule has 0 aliphatic carbocycles. The lowest BCUT2D eigenvalue weighted by Crippen LogP contribution is -2.09. The standard InChI is InChI=1S/C82H57N5S2/c1-8-30-59(31-9-1)85-76-50-27-24-47-72(76)80-77(85)54-53-71-69-46-23-26-49-75(69)87(81(71)80)79-57-73(58-29-28-44-66(55-58)88(60-32-10-2-11-33-60,61-34-12-3-13-35-61)62-36-14-4-15-37-62)83-82(84-79)86-74-48-25-22-45-68(74)70-52-51-67(56-78(70)86)89(63-38-16-5-17-39-63,64-40-18-6-19-41-64)65-42-20-7-21-43-65/h1-57H. The number of aromatic nitrogens is 5. The van der Waals surface area contributed by atoms with Crippen LogP contribution < -0.4 is 0 Å². The molecule has 4 aromatic heterocycles. The molecule has 17 aromatic rings. The summed E-state index contributed by atoms with van der Waals surface area (Å²) < 4.78 is 7.18. The Hall–Kier alpha value is -11.0. The van der Waals surface area contributed by atoms with Gasteiger partial charge in [0.25, 0.3) is 0 Å². The maximum Gasteiger partial charge on any atom is 0.237 e. The number of para-hydroxylation sites is 4. The molecule has 89 heavy (non-hydrogen) atoms. The van der Waals surface area contributed by atoms with Crippen LogP contribution in [0.15, 0.2) is 385 Å². The van der Waals surface area contributed by atoms with E-state index in [1.165, 1.54) is 44.6 Å². The maximum absolute atomic E-state index is 6.00. The molecule has 0 unspecified atom stereocenters. The summed E-state index contributed by atoms with van der Waals surface area (Å²) in [6, 6.07) is 127. The molecule has 0 saturated heterocycles. The van der Waals surface area contributed by atoms with E-state index in [1.807, 2.05) is 0 Å². The fourth-order valence-corrected chi connectivity index (χ4v) is 21.8. The van der Waals surface area contributed by atoms with Gasteiger partial charge in [0.2, 0.25) is 5.95 Å². The van der Waals surface area contributed by atoms with Crippen LogP contribution in [-0.2, 0) is 0 Å². The van der Waals surface area contributed by atoms with E-state index in [9.17, 15) is 0 Å². The van der Waals surface area contributed by atoms with Crippen molar-refractivity contribution in [3.05, 3.63) is 346 Å². The molecule has 0 radical (unpaired) electrons. The number of hydrogen-bond acceptors (Lipinski definition) is 2. The van der Waals surface area contributed by atoms with Crippen LogP contribution in [0.25, 0.3) is 94.1 Å². The highest BCUT2D eigenvalue weighted by Gasteiger charge is 2.36. The highest BCUT2D eigenvalue weighted by molar-refractivity contribution is 8.34. The second kappa shape index (κ2) is 21.5. The first kappa shape index (κ1) is 52.4. The van der Waals surface area contributed by atoms with Gasteiger partial charge in [0.05, 0.1) is 38.8 Å². The van der Waals surface area contributed by atoms with E-state index in [0.29, 0.717) is 5.95 Å². The van der Waals surface area contributed by atoms with Gasteiger partial charge in [-0.3, -0.25) is 9.13 Å². The van der Waals surface area contributed by atoms with Crippen LogP contribution in [0.4, 0.5) is 0 Å². The quantitative estimate of drug-likeness (QED) is 0.122. The highest BCUT2D eigenvalue weighted by atomic mass is 32.3. The molecule has 0 aliphatic heterocycles. The molecule has 0 N–H and O–H groups in total. The van der Waals surface area contributed by atoms with E-state index in [2.05, 4.69) is 359 Å². The lowest BCUT2D eigenvalue weighted by molar-refractivity contribution is 0.951. The first-order chi connectivity index (χ1) is 44.2. The number of benzene rings is 13. The average Bonchev–Trinajstić information content (AvgIpc) is 1.65. The van der Waals surface area contributed by atoms with E-state index in [4.69, 9.17) is 9.97 Å². The summed E-state index contributed by atoms with van der Waals surface area (Å²) in [6.07, 6.45) is 0. The number of nitrogens with zero attached hydrogens (tertiary/aromatic N) is 5. The molecule has 0 saturated carbocycles. The zero-order chi connectivity index (χ0) is 58.9. The van der Waals surface area contributed by atoms with Gasteiger partial charge in [0.1, 0.15) is 5.82 Å². The van der Waals surface area contributed by atoms with Crippen LogP contribution in [0.3, 0.4) is 0 Å². The molecular weight excluding hydrogens is 1120 g/mol. The molecule has 5 nitrogen and oxygen atoms in total. The van der Waals surface area contributed by atoms with Gasteiger partial charge in [-0.2, -0.15) is 4.98 Å². The number of rotatable bonds is 12. The van der Waals surface area contributed by atoms with Gasteiger partial charge in [0.15, 0.2) is 0 Å². The Bertz CT molecular complexity index is 5280. The second-order valence-electron chi connectivity index (χ2n) is 22.5. The first-order valence-electron chi connectivity index (χ1n) is 30.2. The largest absolute Gasteiger partial charge is 0.309 e. The highest BCUT2D eigenvalue weighted by Crippen LogP contribution is 2.75. The maximum atomic E-state index is 6.00. The van der Waals surface area contributed by atoms with E-state index in [0.717, 1.165) is 82.8 Å². The molecule has 7 heteroatoms. The Morgan fingerprint density at radius 2 is 0.629 bits per heavy atom. The zero-order valence-corrected chi connectivity index (χ0v) is 50.1. The summed E-state index contributed by atoms with van der Waals surface area (Å²) in [5.41, 5.74) is 9.35. The Kier molecular flexibility index (Phi) is 12.6. The van der Waals surface area contributed by atoms with Crippen molar-refractivity contribution in [2.75, 3.05) is 0 Å². The summed E-state index contributed by atoms with van der Waals surface area (Å²) >= 11 is 0. The predicted molar refractivity (Wildman–Crippen MR) is 370 cm³/mol. The van der Waals surface area contributed by atoms with Crippen molar-refractivity contribution in [1.82, 2.24) is 23.7 Å². The minimum atomic E-state index is -2.09. The smallest absolute Gasteiger partial charge is 0.237 e. The van der Waals surface area contributed by atoms with Gasteiger partial charge in [0, 0.05) is 88.8 Å². The van der Waals surface area contributed by atoms with E-state index in [1.54, 1.807) is 0 Å². The number of hydrogen-bond donors (Lipinski definition) is 0. The molecule has 0 bridgehead atoms. The second-order valence-corrected chi connectivity index (χ2v) is 28.7. The van der Waals surface area contributed by atoms with Gasteiger partial charge in [-0.25, -0.2) is 4.98 Å². The van der Waals surface area contributed by atoms with Crippen molar-refractivity contribution < 1.29 is 0 Å². The Balaban J connectivity index is 1.00. The third-order valence-electron chi connectivity index (χ3n) is 17.7. The Morgan fingerprint density at radius 3 is 1.15 bits per heavy atom. The van der Waals surface area contributed by atoms with Crippen molar-refractivity contribution in [2.45, 2.75) is 39.2 Å². The lowest BCUT2D eigenvalue weighted by atomic mass is 10.1. The third-order valence-corrected chi connectivity index (χ3v) is 25.5. The first-order valence-corrected chi connectivity index (χ1v) is 33.5. The summed E-state index contributed by atoms with van der Waals surface area (Å²) in [5.74, 6) is 1.34. The summed E-state index contributed by atoms with van der Waals surface area (Å²) in [5, 5.41) is 6.88. The van der Waals surface area contributed by atoms with Gasteiger partial charge < -0.3 is 4.57 Å². The van der Waals surface area contributed by atoms with Crippen LogP contribution in [-0.4, -0.2) is 23.7 Å². The molecule has 13 aromatic carbocycles. The molecule has 0 atom stereocenters. The van der Waals surface area contributed by atoms with Crippen molar-refractivity contribution >= 4 is 85.5 Å². The Labute approximate surface area is 519 Å². The fourth-order valence-electron chi connectivity index (χ4n) is 14.0. The summed E-state index contributed by atoms with van der Waals surface area (Å²) in [6.45, 7) is 0. The van der Waals surface area contributed by atoms with Crippen LogP contribution in [0, 0.1) is 0 Å². The monoisotopic (exact) mass is 1180 g/mol. The minimum absolute atomic E-state index is 0.573. The number of fused-ring (bicyclic) bond motifs is 10. The van der Waals surface area contributed by atoms with Crippen LogP contribution >= 0.6 is 20.1 Å². The topological polar surface area (TPSA) is 40.6 Å². The molecule has 422 valence electrons. The average molecular weight is 1180 g/mol. The zero-order valence-electron chi connectivity index (χ0n) is 48.5. The van der Waals surface area contributed by atoms with Crippen LogP contribution in [0.2, 0.25) is 0 Å². The van der Waals surface area contributed by atoms with Gasteiger partial charge >= 0.3 is 0 Å². The van der Waals surface area contributed by atoms with E-state index in [-0.39, 0.29) is 0 Å². The van der Waals surface area contributed by atoms with E-state index < -0.39 is 20.1 Å². The summed E-state index contributed by atoms with van der Waals surface area (Å²) in [4.78, 5) is 21.9. The van der Waals surface area contributed by atoms with Crippen molar-refractivity contribution in [2.24, 2.45) is 0 Å². The molecule has 17 rings (SSSR count). The predicted octanol–water partition coefficient (Wildman–Crippen LogP) is 22.1. The molecule has 0 spiro atoms. The third kappa shape index (κ3) is 8.20. The Morgan fingerprint density at radius 1 is 0.236 bits per heavy atom. The van der Waals surface area contributed by atoms with Gasteiger partial charge in [-0.1, -0.05) is 206 Å². The van der Waals surface area contributed by atoms with Crippen LogP contribution in [0.1, 0.15) is 0 Å². The van der Waals surface area contributed by atoms with Gasteiger partial charge in [-0.15, -0.1) is 20.1 Å².